The number of carbonyl (C=O) groups excluding carboxylic acids is 1. The van der Waals surface area contributed by atoms with Crippen molar-refractivity contribution in [3.8, 4) is 11.1 Å². The van der Waals surface area contributed by atoms with Gasteiger partial charge in [-0.3, -0.25) is 4.79 Å². The highest BCUT2D eigenvalue weighted by atomic mass is 19.1. The maximum atomic E-state index is 14.0. The highest BCUT2D eigenvalue weighted by molar-refractivity contribution is 5.94. The minimum Gasteiger partial charge on any atom is -0.380 e. The van der Waals surface area contributed by atoms with E-state index in [1.165, 1.54) is 12.1 Å². The molecule has 166 valence electrons. The van der Waals surface area contributed by atoms with Gasteiger partial charge in [0.25, 0.3) is 5.91 Å². The number of halogens is 1. The summed E-state index contributed by atoms with van der Waals surface area (Å²) in [7, 11) is 5.40. The van der Waals surface area contributed by atoms with E-state index in [0.29, 0.717) is 30.2 Å². The van der Waals surface area contributed by atoms with E-state index in [2.05, 4.69) is 4.98 Å². The quantitative estimate of drug-likeness (QED) is 0.573. The monoisotopic (exact) mass is 434 g/mol. The molecule has 0 radical (unpaired) electrons. The van der Waals surface area contributed by atoms with Gasteiger partial charge in [0.15, 0.2) is 0 Å². The fraction of sp³-hybridized carbons (Fsp3) is 0.320. The van der Waals surface area contributed by atoms with Gasteiger partial charge in [-0.1, -0.05) is 24.3 Å². The van der Waals surface area contributed by atoms with Crippen LogP contribution < -0.4 is 4.90 Å². The Morgan fingerprint density at radius 2 is 2.00 bits per heavy atom. The topological polar surface area (TPSA) is 58.6 Å². The number of amides is 1. The number of rotatable bonds is 6. The molecule has 1 aliphatic heterocycles. The van der Waals surface area contributed by atoms with E-state index in [-0.39, 0.29) is 17.8 Å². The van der Waals surface area contributed by atoms with Crippen LogP contribution in [0, 0.1) is 5.82 Å². The first-order chi connectivity index (χ1) is 15.5. The highest BCUT2D eigenvalue weighted by Crippen LogP contribution is 2.38. The standard InChI is InChI=1S/C25H27FN4O2/c1-29(2)25-27-15-21(19-6-4-7-20(26)14-19)23(28-25)22-8-5-13-30(22)24(31)18-11-9-17(10-12-18)16-32-3/h4,6-7,9-12,14-15,22H,5,8,13,16H2,1-3H3. The van der Waals surface area contributed by atoms with Gasteiger partial charge in [0.1, 0.15) is 5.82 Å². The summed E-state index contributed by atoms with van der Waals surface area (Å²) in [6.07, 6.45) is 3.40. The number of hydrogen-bond acceptors (Lipinski definition) is 5. The van der Waals surface area contributed by atoms with Gasteiger partial charge in [0.2, 0.25) is 5.95 Å². The van der Waals surface area contributed by atoms with Crippen molar-refractivity contribution in [1.29, 1.82) is 0 Å². The summed E-state index contributed by atoms with van der Waals surface area (Å²) in [5, 5.41) is 0. The summed E-state index contributed by atoms with van der Waals surface area (Å²) in [6, 6.07) is 13.7. The first-order valence-corrected chi connectivity index (χ1v) is 10.7. The molecule has 3 aromatic rings. The molecule has 0 saturated carbocycles. The highest BCUT2D eigenvalue weighted by Gasteiger charge is 2.34. The summed E-state index contributed by atoms with van der Waals surface area (Å²) >= 11 is 0. The first-order valence-electron chi connectivity index (χ1n) is 10.7. The molecule has 1 fully saturated rings. The van der Waals surface area contributed by atoms with Crippen molar-refractivity contribution < 1.29 is 13.9 Å². The Bertz CT molecular complexity index is 1100. The molecule has 4 rings (SSSR count). The zero-order chi connectivity index (χ0) is 22.7. The third-order valence-corrected chi connectivity index (χ3v) is 5.68. The van der Waals surface area contributed by atoms with E-state index in [4.69, 9.17) is 9.72 Å². The van der Waals surface area contributed by atoms with Crippen LogP contribution in [-0.2, 0) is 11.3 Å². The summed E-state index contributed by atoms with van der Waals surface area (Å²) in [4.78, 5) is 26.4. The molecule has 0 N–H and O–H groups in total. The summed E-state index contributed by atoms with van der Waals surface area (Å²) in [6.45, 7) is 1.15. The van der Waals surface area contributed by atoms with Gasteiger partial charge < -0.3 is 14.5 Å². The van der Waals surface area contributed by atoms with Gasteiger partial charge >= 0.3 is 0 Å². The second-order valence-electron chi connectivity index (χ2n) is 8.16. The van der Waals surface area contributed by atoms with Crippen LogP contribution in [0.4, 0.5) is 10.3 Å². The zero-order valence-electron chi connectivity index (χ0n) is 18.6. The summed E-state index contributed by atoms with van der Waals surface area (Å²) in [5.41, 5.74) is 3.84. The van der Waals surface area contributed by atoms with Crippen LogP contribution in [0.2, 0.25) is 0 Å². The lowest BCUT2D eigenvalue weighted by Crippen LogP contribution is -2.31. The predicted octanol–water partition coefficient (Wildman–Crippen LogP) is 4.47. The average molecular weight is 435 g/mol. The van der Waals surface area contributed by atoms with Crippen LogP contribution in [0.1, 0.15) is 40.5 Å². The van der Waals surface area contributed by atoms with E-state index < -0.39 is 0 Å². The lowest BCUT2D eigenvalue weighted by atomic mass is 9.99. The number of nitrogens with zero attached hydrogens (tertiary/aromatic N) is 4. The second-order valence-corrected chi connectivity index (χ2v) is 8.16. The molecule has 0 aliphatic carbocycles. The van der Waals surface area contributed by atoms with E-state index in [1.54, 1.807) is 19.4 Å². The van der Waals surface area contributed by atoms with Crippen molar-refractivity contribution in [2.45, 2.75) is 25.5 Å². The molecule has 0 spiro atoms. The number of methoxy groups -OCH3 is 1. The summed E-state index contributed by atoms with van der Waals surface area (Å²) < 4.78 is 19.1. The van der Waals surface area contributed by atoms with Crippen molar-refractivity contribution in [3.05, 3.63) is 77.4 Å². The fourth-order valence-electron chi connectivity index (χ4n) is 4.10. The van der Waals surface area contributed by atoms with Gasteiger partial charge in [-0.25, -0.2) is 14.4 Å². The van der Waals surface area contributed by atoms with Gasteiger partial charge in [-0.2, -0.15) is 0 Å². The van der Waals surface area contributed by atoms with E-state index in [9.17, 15) is 9.18 Å². The second kappa shape index (κ2) is 9.44. The molecule has 2 aromatic carbocycles. The Labute approximate surface area is 187 Å². The van der Waals surface area contributed by atoms with E-state index in [1.807, 2.05) is 54.2 Å². The number of anilines is 1. The Morgan fingerprint density at radius 1 is 1.22 bits per heavy atom. The van der Waals surface area contributed by atoms with Crippen molar-refractivity contribution in [1.82, 2.24) is 14.9 Å². The molecule has 1 atom stereocenters. The third kappa shape index (κ3) is 4.48. The average Bonchev–Trinajstić information content (AvgIpc) is 3.29. The van der Waals surface area contributed by atoms with Crippen molar-refractivity contribution in [2.75, 3.05) is 32.6 Å². The van der Waals surface area contributed by atoms with Gasteiger partial charge in [-0.05, 0) is 48.2 Å². The molecule has 1 amide bonds. The van der Waals surface area contributed by atoms with Crippen LogP contribution in [-0.4, -0.2) is 48.5 Å². The first kappa shape index (κ1) is 21.9. The smallest absolute Gasteiger partial charge is 0.254 e. The molecule has 0 bridgehead atoms. The van der Waals surface area contributed by atoms with Gasteiger partial charge in [-0.15, -0.1) is 0 Å². The fourth-order valence-corrected chi connectivity index (χ4v) is 4.10. The predicted molar refractivity (Wildman–Crippen MR) is 122 cm³/mol. The number of benzene rings is 2. The molecular weight excluding hydrogens is 407 g/mol. The normalized spacial score (nSPS) is 15.8. The number of hydrogen-bond donors (Lipinski definition) is 0. The maximum absolute atomic E-state index is 14.0. The lowest BCUT2D eigenvalue weighted by molar-refractivity contribution is 0.0733. The largest absolute Gasteiger partial charge is 0.380 e. The van der Waals surface area contributed by atoms with Crippen LogP contribution in [0.25, 0.3) is 11.1 Å². The van der Waals surface area contributed by atoms with Crippen LogP contribution in [0.15, 0.2) is 54.7 Å². The third-order valence-electron chi connectivity index (χ3n) is 5.68. The van der Waals surface area contributed by atoms with Crippen molar-refractivity contribution >= 4 is 11.9 Å². The molecule has 32 heavy (non-hydrogen) atoms. The molecular formula is C25H27FN4O2. The molecule has 1 aromatic heterocycles. The Balaban J connectivity index is 1.72. The minimum absolute atomic E-state index is 0.0355. The van der Waals surface area contributed by atoms with Gasteiger partial charge in [0.05, 0.1) is 18.3 Å². The van der Waals surface area contributed by atoms with Crippen molar-refractivity contribution in [3.63, 3.8) is 0 Å². The number of aromatic nitrogens is 2. The number of carbonyl (C=O) groups is 1. The summed E-state index contributed by atoms with van der Waals surface area (Å²) in [5.74, 6) is 0.204. The van der Waals surface area contributed by atoms with Crippen LogP contribution >= 0.6 is 0 Å². The van der Waals surface area contributed by atoms with Crippen LogP contribution in [0.5, 0.6) is 0 Å². The minimum atomic E-state index is -0.319. The van der Waals surface area contributed by atoms with E-state index >= 15 is 0 Å². The van der Waals surface area contributed by atoms with Crippen molar-refractivity contribution in [2.24, 2.45) is 0 Å². The lowest BCUT2D eigenvalue weighted by Gasteiger charge is -2.27. The SMILES string of the molecule is COCc1ccc(C(=O)N2CCCC2c2nc(N(C)C)ncc2-c2cccc(F)c2)cc1. The molecule has 1 unspecified atom stereocenters. The Morgan fingerprint density at radius 3 is 2.69 bits per heavy atom. The zero-order valence-corrected chi connectivity index (χ0v) is 18.6. The molecule has 1 aliphatic rings. The molecule has 1 saturated heterocycles. The van der Waals surface area contributed by atoms with Crippen LogP contribution in [0.3, 0.4) is 0 Å². The molecule has 7 heteroatoms. The number of ether oxygens (including phenoxy) is 1. The van der Waals surface area contributed by atoms with E-state index in [0.717, 1.165) is 29.7 Å². The Hall–Kier alpha value is -3.32. The Kier molecular flexibility index (Phi) is 6.46. The van der Waals surface area contributed by atoms with Gasteiger partial charge in [0, 0.05) is 45.1 Å². The number of likely N-dealkylation sites (tertiary alicyclic amines) is 1. The molecule has 2 heterocycles. The molecule has 6 nitrogen and oxygen atoms in total. The maximum Gasteiger partial charge on any atom is 0.254 e.